The molecule has 2 aromatic heterocycles. The van der Waals surface area contributed by atoms with E-state index in [2.05, 4.69) is 15.3 Å². The highest BCUT2D eigenvalue weighted by molar-refractivity contribution is 5.91. The first-order chi connectivity index (χ1) is 10.6. The van der Waals surface area contributed by atoms with Gasteiger partial charge in [-0.3, -0.25) is 9.78 Å². The van der Waals surface area contributed by atoms with E-state index in [0.29, 0.717) is 5.82 Å². The number of fused-ring (bicyclic) bond motifs is 1. The van der Waals surface area contributed by atoms with Crippen LogP contribution in [-0.4, -0.2) is 15.9 Å². The summed E-state index contributed by atoms with van der Waals surface area (Å²) in [5, 5.41) is 2.75. The summed E-state index contributed by atoms with van der Waals surface area (Å²) in [4.78, 5) is 20.5. The zero-order valence-electron chi connectivity index (χ0n) is 13.3. The number of nitrogens with one attached hydrogen (secondary N) is 1. The smallest absolute Gasteiger partial charge is 0.228 e. The summed E-state index contributed by atoms with van der Waals surface area (Å²) in [6.07, 6.45) is 7.74. The summed E-state index contributed by atoms with van der Waals surface area (Å²) in [5.74, 6) is 2.35. The van der Waals surface area contributed by atoms with Crippen LogP contribution in [0.5, 0.6) is 0 Å². The van der Waals surface area contributed by atoms with Crippen LogP contribution in [-0.2, 0) is 17.6 Å². The van der Waals surface area contributed by atoms with Gasteiger partial charge in [-0.25, -0.2) is 4.98 Å². The van der Waals surface area contributed by atoms with E-state index < -0.39 is 0 Å². The van der Waals surface area contributed by atoms with Crippen LogP contribution in [0.25, 0.3) is 11.3 Å². The van der Waals surface area contributed by atoms with Crippen LogP contribution >= 0.6 is 0 Å². The highest BCUT2D eigenvalue weighted by Gasteiger charge is 2.22. The third-order valence-corrected chi connectivity index (χ3v) is 4.03. The molecule has 1 N–H and O–H groups in total. The Hall–Kier alpha value is -2.17. The van der Waals surface area contributed by atoms with Crippen LogP contribution < -0.4 is 5.32 Å². The Bertz CT molecular complexity index is 687. The van der Waals surface area contributed by atoms with Gasteiger partial charge < -0.3 is 9.73 Å². The van der Waals surface area contributed by atoms with Crippen molar-refractivity contribution in [2.75, 3.05) is 5.32 Å². The molecule has 0 aromatic carbocycles. The largest absolute Gasteiger partial charge is 0.465 e. The van der Waals surface area contributed by atoms with Crippen LogP contribution in [0.1, 0.15) is 43.8 Å². The summed E-state index contributed by atoms with van der Waals surface area (Å²) in [5.41, 5.74) is 3.16. The number of amides is 1. The molecule has 5 nitrogen and oxygen atoms in total. The molecule has 0 fully saturated rings. The molecule has 0 radical (unpaired) electrons. The molecule has 0 atom stereocenters. The number of hydrogen-bond acceptors (Lipinski definition) is 4. The number of nitrogens with zero attached hydrogens (tertiary/aromatic N) is 2. The molecule has 116 valence electrons. The second kappa shape index (κ2) is 5.91. The van der Waals surface area contributed by atoms with Gasteiger partial charge in [-0.1, -0.05) is 13.8 Å². The van der Waals surface area contributed by atoms with Gasteiger partial charge in [0, 0.05) is 23.5 Å². The molecule has 1 amide bonds. The summed E-state index contributed by atoms with van der Waals surface area (Å²) in [7, 11) is 0. The van der Waals surface area contributed by atoms with Crippen molar-refractivity contribution < 1.29 is 9.21 Å². The standard InChI is InChI=1S/C17H21N3O2/c1-10(2)17(21)20-15-9-18-13(8-19-15)16-11(3)22-14-7-5-4-6-12(14)16/h8-10H,4-7H2,1-3H3,(H,19,20,21). The van der Waals surface area contributed by atoms with E-state index >= 15 is 0 Å². The van der Waals surface area contributed by atoms with Crippen molar-refractivity contribution in [1.82, 2.24) is 9.97 Å². The monoisotopic (exact) mass is 299 g/mol. The Morgan fingerprint density at radius 3 is 2.68 bits per heavy atom. The lowest BCUT2D eigenvalue weighted by molar-refractivity contribution is -0.118. The average molecular weight is 299 g/mol. The van der Waals surface area contributed by atoms with Gasteiger partial charge in [0.1, 0.15) is 11.5 Å². The number of anilines is 1. The normalized spacial score (nSPS) is 14.0. The van der Waals surface area contributed by atoms with Crippen molar-refractivity contribution in [2.45, 2.75) is 46.5 Å². The molecule has 0 saturated carbocycles. The average Bonchev–Trinajstić information content (AvgIpc) is 2.84. The van der Waals surface area contributed by atoms with Gasteiger partial charge in [0.15, 0.2) is 5.82 Å². The second-order valence-corrected chi connectivity index (χ2v) is 6.07. The van der Waals surface area contributed by atoms with E-state index in [4.69, 9.17) is 4.42 Å². The molecule has 1 aliphatic carbocycles. The molecule has 3 rings (SSSR count). The zero-order valence-corrected chi connectivity index (χ0v) is 13.3. The molecule has 2 heterocycles. The lowest BCUT2D eigenvalue weighted by Crippen LogP contribution is -2.18. The molecular weight excluding hydrogens is 278 g/mol. The Morgan fingerprint density at radius 2 is 2.00 bits per heavy atom. The predicted octanol–water partition coefficient (Wildman–Crippen LogP) is 3.52. The van der Waals surface area contributed by atoms with E-state index in [9.17, 15) is 4.79 Å². The Morgan fingerprint density at radius 1 is 1.23 bits per heavy atom. The molecule has 2 aromatic rings. The van der Waals surface area contributed by atoms with Crippen molar-refractivity contribution in [2.24, 2.45) is 5.92 Å². The van der Waals surface area contributed by atoms with E-state index in [-0.39, 0.29) is 11.8 Å². The number of aryl methyl sites for hydroxylation is 2. The van der Waals surface area contributed by atoms with E-state index in [1.165, 1.54) is 18.4 Å². The number of furan rings is 1. The minimum atomic E-state index is -0.0791. The number of hydrogen-bond donors (Lipinski definition) is 1. The van der Waals surface area contributed by atoms with Crippen LogP contribution in [0.15, 0.2) is 16.8 Å². The first kappa shape index (κ1) is 14.8. The predicted molar refractivity (Wildman–Crippen MR) is 84.6 cm³/mol. The highest BCUT2D eigenvalue weighted by atomic mass is 16.3. The van der Waals surface area contributed by atoms with E-state index in [0.717, 1.165) is 35.6 Å². The van der Waals surface area contributed by atoms with Crippen molar-refractivity contribution in [1.29, 1.82) is 0 Å². The van der Waals surface area contributed by atoms with Gasteiger partial charge in [0.05, 0.1) is 18.1 Å². The van der Waals surface area contributed by atoms with Crippen molar-refractivity contribution in [3.05, 3.63) is 29.5 Å². The van der Waals surface area contributed by atoms with Crippen LogP contribution in [0.2, 0.25) is 0 Å². The van der Waals surface area contributed by atoms with Crippen molar-refractivity contribution in [3.63, 3.8) is 0 Å². The number of rotatable bonds is 3. The Kier molecular flexibility index (Phi) is 3.96. The summed E-state index contributed by atoms with van der Waals surface area (Å²) in [6.45, 7) is 5.67. The Labute approximate surface area is 130 Å². The van der Waals surface area contributed by atoms with Gasteiger partial charge in [-0.15, -0.1) is 0 Å². The Balaban J connectivity index is 1.87. The lowest BCUT2D eigenvalue weighted by atomic mass is 9.93. The van der Waals surface area contributed by atoms with E-state index in [1.54, 1.807) is 12.4 Å². The van der Waals surface area contributed by atoms with Gasteiger partial charge in [-0.05, 0) is 26.2 Å². The SMILES string of the molecule is Cc1oc2c(c1-c1cnc(NC(=O)C(C)C)cn1)CCCC2. The topological polar surface area (TPSA) is 68.0 Å². The lowest BCUT2D eigenvalue weighted by Gasteiger charge is -2.11. The number of carbonyl (C=O) groups is 1. The maximum atomic E-state index is 11.7. The first-order valence-corrected chi connectivity index (χ1v) is 7.80. The minimum absolute atomic E-state index is 0.0566. The molecule has 22 heavy (non-hydrogen) atoms. The fourth-order valence-electron chi connectivity index (χ4n) is 2.83. The summed E-state index contributed by atoms with van der Waals surface area (Å²) in [6, 6.07) is 0. The van der Waals surface area contributed by atoms with Gasteiger partial charge in [0.2, 0.25) is 5.91 Å². The van der Waals surface area contributed by atoms with Crippen LogP contribution in [0, 0.1) is 12.8 Å². The molecule has 0 saturated heterocycles. The van der Waals surface area contributed by atoms with E-state index in [1.807, 2.05) is 20.8 Å². The summed E-state index contributed by atoms with van der Waals surface area (Å²) >= 11 is 0. The number of aromatic nitrogens is 2. The van der Waals surface area contributed by atoms with Crippen molar-refractivity contribution in [3.8, 4) is 11.3 Å². The van der Waals surface area contributed by atoms with Crippen LogP contribution in [0.3, 0.4) is 0 Å². The second-order valence-electron chi connectivity index (χ2n) is 6.07. The maximum absolute atomic E-state index is 11.7. The minimum Gasteiger partial charge on any atom is -0.465 e. The zero-order chi connectivity index (χ0) is 15.7. The van der Waals surface area contributed by atoms with Gasteiger partial charge >= 0.3 is 0 Å². The third kappa shape index (κ3) is 2.75. The van der Waals surface area contributed by atoms with Crippen molar-refractivity contribution >= 4 is 11.7 Å². The summed E-state index contributed by atoms with van der Waals surface area (Å²) < 4.78 is 5.88. The fraction of sp³-hybridized carbons (Fsp3) is 0.471. The molecule has 0 aliphatic heterocycles. The van der Waals surface area contributed by atoms with Gasteiger partial charge in [0.25, 0.3) is 0 Å². The van der Waals surface area contributed by atoms with Gasteiger partial charge in [-0.2, -0.15) is 0 Å². The fourth-order valence-corrected chi connectivity index (χ4v) is 2.83. The maximum Gasteiger partial charge on any atom is 0.228 e. The third-order valence-electron chi connectivity index (χ3n) is 4.03. The molecule has 0 unspecified atom stereocenters. The number of carbonyl (C=O) groups excluding carboxylic acids is 1. The molecular formula is C17H21N3O2. The first-order valence-electron chi connectivity index (χ1n) is 7.80. The molecule has 0 bridgehead atoms. The molecule has 5 heteroatoms. The molecule has 1 aliphatic rings. The molecule has 0 spiro atoms. The van der Waals surface area contributed by atoms with Crippen LogP contribution in [0.4, 0.5) is 5.82 Å². The highest BCUT2D eigenvalue weighted by Crippen LogP contribution is 2.35. The quantitative estimate of drug-likeness (QED) is 0.941.